The number of rotatable bonds is 18. The monoisotopic (exact) mass is 1080 g/mol. The van der Waals surface area contributed by atoms with Gasteiger partial charge in [-0.25, -0.2) is 0 Å². The fourth-order valence-electron chi connectivity index (χ4n) is 9.71. The number of ether oxygens (including phenoxy) is 6. The van der Waals surface area contributed by atoms with E-state index in [0.717, 1.165) is 68.8 Å². The first-order chi connectivity index (χ1) is 35.6. The van der Waals surface area contributed by atoms with Crippen molar-refractivity contribution in [2.45, 2.75) is 116 Å². The fourth-order valence-corrected chi connectivity index (χ4v) is 10.4. The molecule has 0 saturated carbocycles. The van der Waals surface area contributed by atoms with Crippen molar-refractivity contribution in [3.63, 3.8) is 0 Å². The van der Waals surface area contributed by atoms with Crippen molar-refractivity contribution in [3.8, 4) is 11.5 Å². The molecule has 0 radical (unpaired) electrons. The molecule has 0 aliphatic carbocycles. The van der Waals surface area contributed by atoms with E-state index in [1.807, 2.05) is 157 Å². The highest BCUT2D eigenvalue weighted by molar-refractivity contribution is 6.31. The average molecular weight is 1090 g/mol. The summed E-state index contributed by atoms with van der Waals surface area (Å²) in [5.41, 5.74) is 7.90. The van der Waals surface area contributed by atoms with Gasteiger partial charge in [0, 0.05) is 20.1 Å². The van der Waals surface area contributed by atoms with Gasteiger partial charge in [0.1, 0.15) is 35.9 Å². The number of amides is 2. The second-order valence-corrected chi connectivity index (χ2v) is 20.5. The lowest BCUT2D eigenvalue weighted by molar-refractivity contribution is -0.180. The minimum absolute atomic E-state index is 0.0642. The Balaban J connectivity index is 0.000000216. The Morgan fingerprint density at radius 3 is 1.22 bits per heavy atom. The molecule has 74 heavy (non-hydrogen) atoms. The minimum Gasteiger partial charge on any atom is -0.496 e. The molecule has 0 N–H and O–H groups in total. The molecule has 2 aliphatic rings. The van der Waals surface area contributed by atoms with Gasteiger partial charge in [-0.3, -0.25) is 9.59 Å². The molecule has 6 aromatic carbocycles. The SMILES string of the molecule is CC[C@@H](COCc1ccc(C)c(OC)c1)N1C(=O)[C@@H](C)O[C@H](c2cccc(Cl)c2)[C@H]1c1ccc(Cl)cc1.CC[C@@H](COCc1ccc(C)c(OC)c1)N1C(=O)[C@H](C)O[C@H](c2cccc(Cl)c2)[C@H]1c1ccc(Cl)cc1. The average Bonchev–Trinajstić information content (AvgIpc) is 3.40. The summed E-state index contributed by atoms with van der Waals surface area (Å²) < 4.78 is 35.9. The molecule has 0 bridgehead atoms. The van der Waals surface area contributed by atoms with E-state index in [0.29, 0.717) is 46.5 Å². The van der Waals surface area contributed by atoms with E-state index in [-0.39, 0.29) is 36.0 Å². The van der Waals surface area contributed by atoms with Crippen LogP contribution in [0.2, 0.25) is 20.1 Å². The molecule has 6 aromatic rings. The number of benzene rings is 6. The third-order valence-electron chi connectivity index (χ3n) is 13.7. The Bertz CT molecular complexity index is 2620. The standard InChI is InChI=1S/2C30H33Cl2NO4/c2*1-5-26(18-36-17-21-10-9-19(2)27(15-21)35-4)33-28(22-11-13-24(31)14-12-22)29(37-20(3)30(33)34)23-7-6-8-25(32)16-23/h2*6-16,20,26,28-29H,5,17-18H2,1-4H3/t20-,26+,28-,29-;20-,26-,28+,29+/m10/s1. The number of carbonyl (C=O) groups excluding carboxylic acids is 2. The lowest BCUT2D eigenvalue weighted by atomic mass is 9.90. The van der Waals surface area contributed by atoms with Crippen LogP contribution in [0.5, 0.6) is 11.5 Å². The summed E-state index contributed by atoms with van der Waals surface area (Å²) in [6, 6.07) is 41.5. The number of morpholine rings is 2. The Kier molecular flexibility index (Phi) is 20.3. The molecule has 2 amide bonds. The maximum absolute atomic E-state index is 13.7. The highest BCUT2D eigenvalue weighted by Crippen LogP contribution is 2.46. The summed E-state index contributed by atoms with van der Waals surface area (Å²) in [6.45, 7) is 13.4. The Morgan fingerprint density at radius 2 is 0.878 bits per heavy atom. The summed E-state index contributed by atoms with van der Waals surface area (Å²) >= 11 is 25.1. The van der Waals surface area contributed by atoms with Crippen LogP contribution < -0.4 is 9.47 Å². The minimum atomic E-state index is -0.608. The first-order valence-electron chi connectivity index (χ1n) is 25.0. The summed E-state index contributed by atoms with van der Waals surface area (Å²) in [5, 5.41) is 2.51. The van der Waals surface area contributed by atoms with E-state index in [9.17, 15) is 9.59 Å². The van der Waals surface area contributed by atoms with Crippen LogP contribution in [0, 0.1) is 13.8 Å². The van der Waals surface area contributed by atoms with Crippen LogP contribution in [-0.4, -0.2) is 73.3 Å². The van der Waals surface area contributed by atoms with Gasteiger partial charge in [-0.2, -0.15) is 0 Å². The fraction of sp³-hybridized carbons (Fsp3) is 0.367. The molecule has 2 saturated heterocycles. The van der Waals surface area contributed by atoms with Crippen LogP contribution in [0.25, 0.3) is 0 Å². The molecule has 2 aliphatic heterocycles. The summed E-state index contributed by atoms with van der Waals surface area (Å²) in [6.07, 6.45) is -0.568. The normalized spacial score (nSPS) is 20.6. The zero-order chi connectivity index (χ0) is 53.1. The van der Waals surface area contributed by atoms with Crippen molar-refractivity contribution < 1.29 is 38.0 Å². The lowest BCUT2D eigenvalue weighted by Crippen LogP contribution is -2.55. The van der Waals surface area contributed by atoms with Gasteiger partial charge in [0.15, 0.2) is 0 Å². The number of aryl methyl sites for hydroxylation is 2. The van der Waals surface area contributed by atoms with Gasteiger partial charge in [0.05, 0.1) is 64.8 Å². The van der Waals surface area contributed by atoms with E-state index in [2.05, 4.69) is 13.8 Å². The molecule has 14 heteroatoms. The van der Waals surface area contributed by atoms with Crippen LogP contribution in [0.1, 0.15) is 109 Å². The number of hydrogen-bond donors (Lipinski definition) is 0. The zero-order valence-electron chi connectivity index (χ0n) is 43.2. The van der Waals surface area contributed by atoms with Gasteiger partial charge in [0.25, 0.3) is 11.8 Å². The molecular formula is C60H66Cl4N2O8. The molecule has 8 rings (SSSR count). The predicted octanol–water partition coefficient (Wildman–Crippen LogP) is 14.7. The van der Waals surface area contributed by atoms with Gasteiger partial charge in [0.2, 0.25) is 0 Å². The van der Waals surface area contributed by atoms with Gasteiger partial charge in [-0.15, -0.1) is 0 Å². The quantitative estimate of drug-likeness (QED) is 0.0840. The van der Waals surface area contributed by atoms with Crippen LogP contribution in [0.15, 0.2) is 133 Å². The molecule has 392 valence electrons. The third kappa shape index (κ3) is 13.8. The predicted molar refractivity (Wildman–Crippen MR) is 294 cm³/mol. The van der Waals surface area contributed by atoms with Crippen LogP contribution >= 0.6 is 46.4 Å². The van der Waals surface area contributed by atoms with Crippen LogP contribution in [0.3, 0.4) is 0 Å². The van der Waals surface area contributed by atoms with Gasteiger partial charge in [-0.1, -0.05) is 133 Å². The molecule has 2 heterocycles. The summed E-state index contributed by atoms with van der Waals surface area (Å²) in [4.78, 5) is 31.2. The highest BCUT2D eigenvalue weighted by Gasteiger charge is 2.46. The van der Waals surface area contributed by atoms with Crippen LogP contribution in [0.4, 0.5) is 0 Å². The second kappa shape index (κ2) is 26.6. The van der Waals surface area contributed by atoms with Gasteiger partial charge < -0.3 is 38.2 Å². The van der Waals surface area contributed by atoms with Gasteiger partial charge >= 0.3 is 0 Å². The zero-order valence-corrected chi connectivity index (χ0v) is 46.3. The number of hydrogen-bond acceptors (Lipinski definition) is 8. The molecule has 10 nitrogen and oxygen atoms in total. The van der Waals surface area contributed by atoms with Crippen molar-refractivity contribution in [2.24, 2.45) is 0 Å². The lowest BCUT2D eigenvalue weighted by Gasteiger charge is -2.47. The Labute approximate surface area is 456 Å². The first-order valence-corrected chi connectivity index (χ1v) is 26.5. The van der Waals surface area contributed by atoms with Gasteiger partial charge in [-0.05, 0) is 146 Å². The Hall–Kier alpha value is -5.14. The molecule has 8 atom stereocenters. The number of methoxy groups -OCH3 is 2. The molecule has 0 spiro atoms. The maximum Gasteiger partial charge on any atom is 0.252 e. The Morgan fingerprint density at radius 1 is 0.500 bits per heavy atom. The highest BCUT2D eigenvalue weighted by atomic mass is 35.5. The van der Waals surface area contributed by atoms with Crippen molar-refractivity contribution in [1.82, 2.24) is 9.80 Å². The molecule has 0 unspecified atom stereocenters. The topological polar surface area (TPSA) is 96.0 Å². The molecule has 0 aromatic heterocycles. The maximum atomic E-state index is 13.7. The van der Waals surface area contributed by atoms with E-state index < -0.39 is 24.4 Å². The number of nitrogens with zero attached hydrogens (tertiary/aromatic N) is 2. The number of carbonyl (C=O) groups is 2. The summed E-state index contributed by atoms with van der Waals surface area (Å²) in [7, 11) is 3.33. The van der Waals surface area contributed by atoms with E-state index in [4.69, 9.17) is 74.8 Å². The van der Waals surface area contributed by atoms with Crippen molar-refractivity contribution in [1.29, 1.82) is 0 Å². The molecular weight excluding hydrogens is 1020 g/mol. The third-order valence-corrected chi connectivity index (χ3v) is 14.7. The smallest absolute Gasteiger partial charge is 0.252 e. The first kappa shape index (κ1) is 56.6. The van der Waals surface area contributed by atoms with E-state index in [1.54, 1.807) is 28.1 Å². The largest absolute Gasteiger partial charge is 0.496 e. The second-order valence-electron chi connectivity index (χ2n) is 18.8. The van der Waals surface area contributed by atoms with E-state index in [1.165, 1.54) is 0 Å². The van der Waals surface area contributed by atoms with Crippen molar-refractivity contribution in [2.75, 3.05) is 27.4 Å². The summed E-state index contributed by atoms with van der Waals surface area (Å²) in [5.74, 6) is 1.53. The van der Waals surface area contributed by atoms with Crippen LogP contribution in [-0.2, 0) is 41.8 Å². The van der Waals surface area contributed by atoms with Crippen molar-refractivity contribution in [3.05, 3.63) is 198 Å². The molecule has 2 fully saturated rings. The van der Waals surface area contributed by atoms with Crippen molar-refractivity contribution >= 4 is 58.2 Å². The van der Waals surface area contributed by atoms with E-state index >= 15 is 0 Å². The number of halogens is 4.